The molecular weight excluding hydrogens is 376 g/mol. The number of nitrogens with zero attached hydrogens (tertiary/aromatic N) is 2. The zero-order valence-electron chi connectivity index (χ0n) is 14.9. The summed E-state index contributed by atoms with van der Waals surface area (Å²) in [6.45, 7) is 2.40. The Morgan fingerprint density at radius 1 is 1.00 bits per heavy atom. The minimum atomic E-state index is -3.10. The Labute approximate surface area is 160 Å². The van der Waals surface area contributed by atoms with E-state index in [1.165, 1.54) is 10.6 Å². The zero-order chi connectivity index (χ0) is 18.7. The lowest BCUT2D eigenvalue weighted by molar-refractivity contribution is -0.0557. The fraction of sp³-hybridized carbons (Fsp3) is 0.611. The van der Waals surface area contributed by atoms with Crippen molar-refractivity contribution >= 4 is 27.5 Å². The Morgan fingerprint density at radius 3 is 2.00 bits per heavy atom. The number of carbonyl (C=O) groups excluding carboxylic acids is 1. The molecule has 2 aliphatic rings. The molecule has 1 aromatic carbocycles. The van der Waals surface area contributed by atoms with Gasteiger partial charge in [0.25, 0.3) is 5.91 Å². The number of ether oxygens (including phenoxy) is 1. The number of sulfonamides is 1. The number of benzene rings is 1. The Bertz CT molecular complexity index is 722. The molecule has 6 nitrogen and oxygen atoms in total. The Morgan fingerprint density at radius 2 is 1.50 bits per heavy atom. The van der Waals surface area contributed by atoms with Crippen LogP contribution >= 0.6 is 11.6 Å². The molecule has 3 rings (SSSR count). The van der Waals surface area contributed by atoms with E-state index in [4.69, 9.17) is 16.3 Å². The van der Waals surface area contributed by atoms with E-state index in [1.54, 1.807) is 24.3 Å². The van der Waals surface area contributed by atoms with E-state index in [2.05, 4.69) is 0 Å². The van der Waals surface area contributed by atoms with Crippen LogP contribution in [0.5, 0.6) is 0 Å². The normalized spacial score (nSPS) is 21.1. The fourth-order valence-electron chi connectivity index (χ4n) is 3.54. The predicted molar refractivity (Wildman–Crippen MR) is 101 cm³/mol. The van der Waals surface area contributed by atoms with Crippen molar-refractivity contribution in [3.05, 3.63) is 34.9 Å². The molecule has 1 amide bonds. The standard InChI is InChI=1S/C18H25ClN2O4S/c1-26(23,24)21-12-8-17(9-13-21)25-16-6-10-20(11-7-16)18(22)14-2-4-15(19)5-3-14/h2-5,16-17H,6-13H2,1H3. The van der Waals surface area contributed by atoms with Gasteiger partial charge >= 0.3 is 0 Å². The van der Waals surface area contributed by atoms with Gasteiger partial charge < -0.3 is 9.64 Å². The average molecular weight is 401 g/mol. The molecule has 0 unspecified atom stereocenters. The molecule has 8 heteroatoms. The topological polar surface area (TPSA) is 66.9 Å². The molecule has 144 valence electrons. The quantitative estimate of drug-likeness (QED) is 0.778. The summed E-state index contributed by atoms with van der Waals surface area (Å²) in [6, 6.07) is 6.96. The van der Waals surface area contributed by atoms with E-state index < -0.39 is 10.0 Å². The summed E-state index contributed by atoms with van der Waals surface area (Å²) >= 11 is 5.87. The minimum Gasteiger partial charge on any atom is -0.375 e. The lowest BCUT2D eigenvalue weighted by atomic mass is 10.0. The van der Waals surface area contributed by atoms with Crippen molar-refractivity contribution in [3.8, 4) is 0 Å². The van der Waals surface area contributed by atoms with Crippen molar-refractivity contribution in [3.63, 3.8) is 0 Å². The molecule has 2 heterocycles. The Hall–Kier alpha value is -1.15. The number of hydrogen-bond acceptors (Lipinski definition) is 4. The van der Waals surface area contributed by atoms with Gasteiger partial charge in [-0.15, -0.1) is 0 Å². The van der Waals surface area contributed by atoms with Gasteiger partial charge in [-0.2, -0.15) is 0 Å². The molecular formula is C18H25ClN2O4S. The number of carbonyl (C=O) groups is 1. The molecule has 0 N–H and O–H groups in total. The van der Waals surface area contributed by atoms with Crippen molar-refractivity contribution in [2.45, 2.75) is 37.9 Å². The minimum absolute atomic E-state index is 0.0292. The summed E-state index contributed by atoms with van der Waals surface area (Å²) in [5, 5.41) is 0.621. The lowest BCUT2D eigenvalue weighted by Gasteiger charge is -2.36. The van der Waals surface area contributed by atoms with Gasteiger partial charge in [0.1, 0.15) is 0 Å². The van der Waals surface area contributed by atoms with Crippen LogP contribution in [0.1, 0.15) is 36.0 Å². The average Bonchev–Trinajstić information content (AvgIpc) is 2.62. The van der Waals surface area contributed by atoms with Gasteiger partial charge in [0.2, 0.25) is 10.0 Å². The largest absolute Gasteiger partial charge is 0.375 e. The first-order valence-electron chi connectivity index (χ1n) is 8.98. The molecule has 0 aromatic heterocycles. The number of rotatable bonds is 4. The van der Waals surface area contributed by atoms with Crippen LogP contribution in [0.2, 0.25) is 5.02 Å². The van der Waals surface area contributed by atoms with E-state index in [0.717, 1.165) is 25.7 Å². The van der Waals surface area contributed by atoms with Crippen LogP contribution < -0.4 is 0 Å². The predicted octanol–water partition coefficient (Wildman–Crippen LogP) is 2.39. The molecule has 2 saturated heterocycles. The van der Waals surface area contributed by atoms with E-state index in [1.807, 2.05) is 4.90 Å². The van der Waals surface area contributed by atoms with Crippen LogP contribution in [0.25, 0.3) is 0 Å². The molecule has 2 fully saturated rings. The van der Waals surface area contributed by atoms with Crippen molar-refractivity contribution in [1.29, 1.82) is 0 Å². The molecule has 0 radical (unpaired) electrons. The van der Waals surface area contributed by atoms with Crippen molar-refractivity contribution in [2.24, 2.45) is 0 Å². The monoisotopic (exact) mass is 400 g/mol. The van der Waals surface area contributed by atoms with E-state index >= 15 is 0 Å². The third-order valence-corrected chi connectivity index (χ3v) is 6.63. The number of likely N-dealkylation sites (tertiary alicyclic amines) is 1. The Balaban J connectivity index is 1.44. The SMILES string of the molecule is CS(=O)(=O)N1CCC(OC2CCN(C(=O)c3ccc(Cl)cc3)CC2)CC1. The maximum atomic E-state index is 12.5. The van der Waals surface area contributed by atoms with Gasteiger partial charge in [-0.3, -0.25) is 4.79 Å². The molecule has 2 aliphatic heterocycles. The highest BCUT2D eigenvalue weighted by atomic mass is 35.5. The first-order valence-corrected chi connectivity index (χ1v) is 11.2. The third kappa shape index (κ3) is 4.97. The summed E-state index contributed by atoms with van der Waals surface area (Å²) < 4.78 is 30.8. The first-order chi connectivity index (χ1) is 12.3. The van der Waals surface area contributed by atoms with Crippen molar-refractivity contribution in [1.82, 2.24) is 9.21 Å². The molecule has 0 saturated carbocycles. The van der Waals surface area contributed by atoms with Crippen LogP contribution in [0.4, 0.5) is 0 Å². The van der Waals surface area contributed by atoms with Gasteiger partial charge in [-0.05, 0) is 49.9 Å². The van der Waals surface area contributed by atoms with Gasteiger partial charge in [-0.1, -0.05) is 11.6 Å². The molecule has 0 aliphatic carbocycles. The summed E-state index contributed by atoms with van der Waals surface area (Å²) in [5.41, 5.74) is 0.655. The van der Waals surface area contributed by atoms with Gasteiger partial charge in [-0.25, -0.2) is 12.7 Å². The highest BCUT2D eigenvalue weighted by molar-refractivity contribution is 7.88. The maximum Gasteiger partial charge on any atom is 0.253 e. The summed E-state index contributed by atoms with van der Waals surface area (Å²) in [7, 11) is -3.10. The highest BCUT2D eigenvalue weighted by Gasteiger charge is 2.29. The van der Waals surface area contributed by atoms with Crippen LogP contribution in [0.3, 0.4) is 0 Å². The van der Waals surface area contributed by atoms with Crippen LogP contribution in [-0.2, 0) is 14.8 Å². The third-order valence-electron chi connectivity index (χ3n) is 5.08. The van der Waals surface area contributed by atoms with E-state index in [9.17, 15) is 13.2 Å². The molecule has 0 spiro atoms. The summed E-state index contributed by atoms with van der Waals surface area (Å²) in [6.07, 6.45) is 4.59. The second-order valence-electron chi connectivity index (χ2n) is 7.00. The van der Waals surface area contributed by atoms with Crippen molar-refractivity contribution < 1.29 is 17.9 Å². The van der Waals surface area contributed by atoms with Gasteiger partial charge in [0.05, 0.1) is 18.5 Å². The smallest absolute Gasteiger partial charge is 0.253 e. The second kappa shape index (κ2) is 8.25. The zero-order valence-corrected chi connectivity index (χ0v) is 16.5. The van der Waals surface area contributed by atoms with E-state index in [-0.39, 0.29) is 18.1 Å². The highest BCUT2D eigenvalue weighted by Crippen LogP contribution is 2.23. The number of amides is 1. The summed E-state index contributed by atoms with van der Waals surface area (Å²) in [5.74, 6) is 0.0292. The molecule has 26 heavy (non-hydrogen) atoms. The first kappa shape index (κ1) is 19.6. The van der Waals surface area contributed by atoms with Crippen LogP contribution in [0, 0.1) is 0 Å². The van der Waals surface area contributed by atoms with Crippen molar-refractivity contribution in [2.75, 3.05) is 32.4 Å². The maximum absolute atomic E-state index is 12.5. The molecule has 0 atom stereocenters. The van der Waals surface area contributed by atoms with E-state index in [0.29, 0.717) is 36.8 Å². The van der Waals surface area contributed by atoms with Gasteiger partial charge in [0, 0.05) is 36.8 Å². The number of hydrogen-bond donors (Lipinski definition) is 0. The molecule has 1 aromatic rings. The Kier molecular flexibility index (Phi) is 6.22. The van der Waals surface area contributed by atoms with Crippen LogP contribution in [-0.4, -0.2) is 68.2 Å². The second-order valence-corrected chi connectivity index (χ2v) is 9.41. The fourth-order valence-corrected chi connectivity index (χ4v) is 4.54. The van der Waals surface area contributed by atoms with Crippen LogP contribution in [0.15, 0.2) is 24.3 Å². The molecule has 0 bridgehead atoms. The number of piperidine rings is 2. The van der Waals surface area contributed by atoms with Gasteiger partial charge in [0.15, 0.2) is 0 Å². The summed E-state index contributed by atoms with van der Waals surface area (Å²) in [4.78, 5) is 14.4. The number of halogens is 1. The lowest BCUT2D eigenvalue weighted by Crippen LogP contribution is -2.44.